The van der Waals surface area contributed by atoms with Crippen molar-refractivity contribution in [3.05, 3.63) is 73.6 Å². The van der Waals surface area contributed by atoms with Crippen LogP contribution in [0.25, 0.3) is 5.82 Å². The van der Waals surface area contributed by atoms with Gasteiger partial charge in [0.1, 0.15) is 10.8 Å². The van der Waals surface area contributed by atoms with Gasteiger partial charge in [0.15, 0.2) is 5.82 Å². The number of hydrazine groups is 1. The lowest BCUT2D eigenvalue weighted by atomic mass is 10.1. The van der Waals surface area contributed by atoms with Crippen molar-refractivity contribution in [3.8, 4) is 5.82 Å². The summed E-state index contributed by atoms with van der Waals surface area (Å²) in [6, 6.07) is 7.56. The first-order valence-corrected chi connectivity index (χ1v) is 10.9. The number of halogens is 4. The largest absolute Gasteiger partial charge is 0.320 e. The lowest BCUT2D eigenvalue weighted by molar-refractivity contribution is -0.122. The molecule has 3 aromatic rings. The van der Waals surface area contributed by atoms with Crippen molar-refractivity contribution in [1.29, 1.82) is 0 Å². The number of pyridine rings is 1. The number of aromatic nitrogens is 2. The third-order valence-corrected chi connectivity index (χ3v) is 5.75. The van der Waals surface area contributed by atoms with E-state index >= 15 is 0 Å². The van der Waals surface area contributed by atoms with Crippen LogP contribution < -0.4 is 10.7 Å². The number of hydrogen-bond acceptors (Lipinski definition) is 4. The Morgan fingerprint density at radius 3 is 2.39 bits per heavy atom. The molecular weight excluding hydrogens is 512 g/mol. The highest BCUT2D eigenvalue weighted by Crippen LogP contribution is 2.33. The molecule has 3 amide bonds. The number of amides is 3. The van der Waals surface area contributed by atoms with E-state index in [0.29, 0.717) is 5.56 Å². The number of anilines is 1. The molecule has 0 aliphatic carbocycles. The Bertz CT molecular complexity index is 1280. The van der Waals surface area contributed by atoms with Crippen molar-refractivity contribution >= 4 is 69.8 Å². The van der Waals surface area contributed by atoms with Crippen LogP contribution in [0.5, 0.6) is 0 Å². The molecular formula is C21H17Cl4N5O3. The molecule has 0 radical (unpaired) electrons. The first-order valence-electron chi connectivity index (χ1n) is 9.35. The normalized spacial score (nSPS) is 10.6. The van der Waals surface area contributed by atoms with Gasteiger partial charge in [0.05, 0.1) is 21.3 Å². The molecule has 12 heteroatoms. The second kappa shape index (κ2) is 10.0. The maximum Gasteiger partial charge on any atom is 0.274 e. The summed E-state index contributed by atoms with van der Waals surface area (Å²) in [5.74, 6) is -1.46. The quantitative estimate of drug-likeness (QED) is 0.456. The molecule has 1 aromatic carbocycles. The van der Waals surface area contributed by atoms with Gasteiger partial charge in [-0.05, 0) is 42.8 Å². The third kappa shape index (κ3) is 5.25. The first-order chi connectivity index (χ1) is 15.5. The molecule has 0 aliphatic heterocycles. The van der Waals surface area contributed by atoms with Crippen LogP contribution in [-0.4, -0.2) is 39.3 Å². The van der Waals surface area contributed by atoms with Crippen LogP contribution in [-0.2, 0) is 4.79 Å². The van der Waals surface area contributed by atoms with Gasteiger partial charge >= 0.3 is 0 Å². The van der Waals surface area contributed by atoms with Crippen LogP contribution in [0.3, 0.4) is 0 Å². The molecule has 8 nitrogen and oxygen atoms in total. The zero-order valence-corrected chi connectivity index (χ0v) is 20.6. The zero-order chi connectivity index (χ0) is 24.4. The summed E-state index contributed by atoms with van der Waals surface area (Å²) in [7, 11) is 1.37. The monoisotopic (exact) mass is 527 g/mol. The molecule has 0 unspecified atom stereocenters. The molecule has 0 atom stereocenters. The van der Waals surface area contributed by atoms with Crippen molar-refractivity contribution in [1.82, 2.24) is 20.0 Å². The third-order valence-electron chi connectivity index (χ3n) is 4.48. The van der Waals surface area contributed by atoms with Crippen LogP contribution in [0.2, 0.25) is 20.2 Å². The Morgan fingerprint density at radius 1 is 1.06 bits per heavy atom. The van der Waals surface area contributed by atoms with Gasteiger partial charge in [0.2, 0.25) is 5.91 Å². The smallest absolute Gasteiger partial charge is 0.274 e. The zero-order valence-electron chi connectivity index (χ0n) is 17.5. The summed E-state index contributed by atoms with van der Waals surface area (Å²) in [6.45, 7) is 2.94. The Hall–Kier alpha value is -2.78. The van der Waals surface area contributed by atoms with Crippen molar-refractivity contribution in [2.24, 2.45) is 0 Å². The maximum atomic E-state index is 13.3. The minimum absolute atomic E-state index is 0.0357. The average molecular weight is 529 g/mol. The van der Waals surface area contributed by atoms with Crippen LogP contribution >= 0.6 is 46.4 Å². The molecule has 2 heterocycles. The van der Waals surface area contributed by atoms with Crippen LogP contribution in [0.15, 0.2) is 36.5 Å². The van der Waals surface area contributed by atoms with E-state index in [-0.39, 0.29) is 43.0 Å². The van der Waals surface area contributed by atoms with Gasteiger partial charge in [-0.3, -0.25) is 29.4 Å². The Balaban J connectivity index is 2.07. The summed E-state index contributed by atoms with van der Waals surface area (Å²) in [4.78, 5) is 41.8. The summed E-state index contributed by atoms with van der Waals surface area (Å²) < 4.78 is 1.30. The standard InChI is InChI=1S/C21H17Cl4N5O3/c1-10-7-12(22)8-13(21(33)29(3)28-11(2)31)17(10)27-20(32)16-9-15(24)18(25)30(16)19-14(23)5-4-6-26-19/h4-9H,1-3H3,(H,27,32)(H,28,31). The molecule has 0 aliphatic rings. The van der Waals surface area contributed by atoms with Crippen molar-refractivity contribution < 1.29 is 14.4 Å². The van der Waals surface area contributed by atoms with E-state index in [2.05, 4.69) is 15.7 Å². The Kier molecular flexibility index (Phi) is 7.54. The number of nitrogens with one attached hydrogen (secondary N) is 2. The lowest BCUT2D eigenvalue weighted by Gasteiger charge is -2.21. The first kappa shape index (κ1) is 24.9. The van der Waals surface area contributed by atoms with Gasteiger partial charge in [-0.25, -0.2) is 4.98 Å². The highest BCUT2D eigenvalue weighted by Gasteiger charge is 2.25. The number of benzene rings is 1. The number of carbonyl (C=O) groups is 3. The molecule has 33 heavy (non-hydrogen) atoms. The van der Waals surface area contributed by atoms with Gasteiger partial charge in [0, 0.05) is 25.2 Å². The number of carbonyl (C=O) groups excluding carboxylic acids is 3. The second-order valence-electron chi connectivity index (χ2n) is 6.94. The fourth-order valence-corrected chi connectivity index (χ4v) is 3.99. The van der Waals surface area contributed by atoms with Crippen molar-refractivity contribution in [3.63, 3.8) is 0 Å². The number of hydrogen-bond donors (Lipinski definition) is 2. The highest BCUT2D eigenvalue weighted by molar-refractivity contribution is 6.42. The minimum atomic E-state index is -0.632. The molecule has 0 bridgehead atoms. The molecule has 2 N–H and O–H groups in total. The Morgan fingerprint density at radius 2 is 1.76 bits per heavy atom. The van der Waals surface area contributed by atoms with Crippen molar-refractivity contribution in [2.45, 2.75) is 13.8 Å². The van der Waals surface area contributed by atoms with E-state index in [4.69, 9.17) is 46.4 Å². The fourth-order valence-electron chi connectivity index (χ4n) is 3.10. The lowest BCUT2D eigenvalue weighted by Crippen LogP contribution is -2.42. The number of rotatable bonds is 4. The molecule has 0 fully saturated rings. The van der Waals surface area contributed by atoms with E-state index < -0.39 is 17.7 Å². The maximum absolute atomic E-state index is 13.3. The molecule has 172 valence electrons. The molecule has 0 spiro atoms. The second-order valence-corrected chi connectivity index (χ2v) is 8.55. The van der Waals surface area contributed by atoms with Gasteiger partial charge in [0.25, 0.3) is 11.8 Å². The SMILES string of the molecule is CC(=O)NN(C)C(=O)c1cc(Cl)cc(C)c1NC(=O)c1cc(Cl)c(Cl)n1-c1ncccc1Cl. The van der Waals surface area contributed by atoms with E-state index in [1.807, 2.05) is 0 Å². The van der Waals surface area contributed by atoms with Crippen LogP contribution in [0.4, 0.5) is 5.69 Å². The highest BCUT2D eigenvalue weighted by atomic mass is 35.5. The van der Waals surface area contributed by atoms with Crippen LogP contribution in [0.1, 0.15) is 33.3 Å². The van der Waals surface area contributed by atoms with E-state index in [9.17, 15) is 14.4 Å². The molecule has 0 saturated heterocycles. The number of nitrogens with zero attached hydrogens (tertiary/aromatic N) is 3. The van der Waals surface area contributed by atoms with Gasteiger partial charge < -0.3 is 5.32 Å². The van der Waals surface area contributed by atoms with E-state index in [1.54, 1.807) is 25.1 Å². The molecule has 0 saturated carbocycles. The topological polar surface area (TPSA) is 96.3 Å². The van der Waals surface area contributed by atoms with E-state index in [1.165, 1.54) is 36.9 Å². The summed E-state index contributed by atoms with van der Waals surface area (Å²) >= 11 is 24.9. The summed E-state index contributed by atoms with van der Waals surface area (Å²) in [5.41, 5.74) is 3.18. The van der Waals surface area contributed by atoms with Crippen LogP contribution in [0, 0.1) is 6.92 Å². The average Bonchev–Trinajstić information content (AvgIpc) is 3.03. The fraction of sp³-hybridized carbons (Fsp3) is 0.143. The predicted molar refractivity (Wildman–Crippen MR) is 129 cm³/mol. The number of aryl methyl sites for hydroxylation is 1. The molecule has 2 aromatic heterocycles. The predicted octanol–water partition coefficient (Wildman–Crippen LogP) is 5.17. The summed E-state index contributed by atoms with van der Waals surface area (Å²) in [6.07, 6.45) is 1.49. The minimum Gasteiger partial charge on any atom is -0.320 e. The van der Waals surface area contributed by atoms with Gasteiger partial charge in [-0.1, -0.05) is 46.4 Å². The van der Waals surface area contributed by atoms with Gasteiger partial charge in [-0.2, -0.15) is 0 Å². The molecule has 3 rings (SSSR count). The van der Waals surface area contributed by atoms with E-state index in [0.717, 1.165) is 5.01 Å². The Labute approximate surface area is 209 Å². The van der Waals surface area contributed by atoms with Crippen molar-refractivity contribution in [2.75, 3.05) is 12.4 Å². The van der Waals surface area contributed by atoms with Gasteiger partial charge in [-0.15, -0.1) is 0 Å². The summed E-state index contributed by atoms with van der Waals surface area (Å²) in [5, 5.41) is 4.38.